The zero-order valence-corrected chi connectivity index (χ0v) is 16.3. The normalized spacial score (nSPS) is 16.2. The molecule has 5 nitrogen and oxygen atoms in total. The van der Waals surface area contributed by atoms with Crippen LogP contribution < -0.4 is 4.74 Å². The van der Waals surface area contributed by atoms with Crippen molar-refractivity contribution >= 4 is 46.3 Å². The standard InChI is InChI=1S/C18H21NO4S2/c1-10(2)13-8-12(11(3)7-14(13)23-4)9-15-17(22)19(18(24)25-15)6-5-16(20)21/h7-10H,5-6H2,1-4H3,(H,20,21)/b15-9-. The molecule has 1 saturated heterocycles. The largest absolute Gasteiger partial charge is 0.496 e. The highest BCUT2D eigenvalue weighted by Gasteiger charge is 2.32. The fraction of sp³-hybridized carbons (Fsp3) is 0.389. The summed E-state index contributed by atoms with van der Waals surface area (Å²) in [4.78, 5) is 25.1. The second-order valence-corrected chi connectivity index (χ2v) is 7.76. The van der Waals surface area contributed by atoms with Gasteiger partial charge in [0.05, 0.1) is 18.4 Å². The van der Waals surface area contributed by atoms with Crippen LogP contribution in [0.4, 0.5) is 0 Å². The molecule has 7 heteroatoms. The number of carboxylic acids is 1. The van der Waals surface area contributed by atoms with Crippen molar-refractivity contribution in [2.24, 2.45) is 0 Å². The number of hydrogen-bond donors (Lipinski definition) is 1. The molecule has 0 aliphatic carbocycles. The van der Waals surface area contributed by atoms with Gasteiger partial charge in [0.1, 0.15) is 10.1 Å². The molecule has 1 amide bonds. The molecule has 0 radical (unpaired) electrons. The maximum absolute atomic E-state index is 12.5. The smallest absolute Gasteiger partial charge is 0.305 e. The minimum atomic E-state index is -0.953. The van der Waals surface area contributed by atoms with E-state index in [1.807, 2.05) is 25.1 Å². The van der Waals surface area contributed by atoms with E-state index >= 15 is 0 Å². The summed E-state index contributed by atoms with van der Waals surface area (Å²) >= 11 is 6.42. The van der Waals surface area contributed by atoms with Crippen LogP contribution in [0.5, 0.6) is 5.75 Å². The molecule has 0 bridgehead atoms. The second-order valence-electron chi connectivity index (χ2n) is 6.08. The highest BCUT2D eigenvalue weighted by atomic mass is 32.2. The predicted octanol–water partition coefficient (Wildman–Crippen LogP) is 3.80. The van der Waals surface area contributed by atoms with Crippen LogP contribution in [-0.2, 0) is 9.59 Å². The molecule has 1 aliphatic heterocycles. The van der Waals surface area contributed by atoms with E-state index in [-0.39, 0.29) is 24.8 Å². The molecule has 0 atom stereocenters. The number of nitrogens with zero attached hydrogens (tertiary/aromatic N) is 1. The maximum Gasteiger partial charge on any atom is 0.305 e. The number of thioether (sulfide) groups is 1. The number of hydrogen-bond acceptors (Lipinski definition) is 5. The summed E-state index contributed by atoms with van der Waals surface area (Å²) in [6.07, 6.45) is 1.69. The molecular weight excluding hydrogens is 358 g/mol. The van der Waals surface area contributed by atoms with E-state index in [1.165, 1.54) is 16.7 Å². The van der Waals surface area contributed by atoms with Crippen molar-refractivity contribution in [3.63, 3.8) is 0 Å². The van der Waals surface area contributed by atoms with E-state index in [1.54, 1.807) is 7.11 Å². The predicted molar refractivity (Wildman–Crippen MR) is 104 cm³/mol. The van der Waals surface area contributed by atoms with E-state index in [2.05, 4.69) is 13.8 Å². The highest BCUT2D eigenvalue weighted by molar-refractivity contribution is 8.26. The van der Waals surface area contributed by atoms with Crippen molar-refractivity contribution in [2.75, 3.05) is 13.7 Å². The zero-order chi connectivity index (χ0) is 18.7. The summed E-state index contributed by atoms with van der Waals surface area (Å²) in [5, 5.41) is 8.80. The van der Waals surface area contributed by atoms with Gasteiger partial charge in [0.15, 0.2) is 0 Å². The first kappa shape index (κ1) is 19.5. The molecule has 1 aromatic rings. The fourth-order valence-corrected chi connectivity index (χ4v) is 3.84. The van der Waals surface area contributed by atoms with Gasteiger partial charge in [-0.15, -0.1) is 0 Å². The topological polar surface area (TPSA) is 66.8 Å². The molecule has 0 saturated carbocycles. The molecule has 0 spiro atoms. The summed E-state index contributed by atoms with van der Waals surface area (Å²) in [5.41, 5.74) is 3.00. The van der Waals surface area contributed by atoms with Crippen LogP contribution in [-0.4, -0.2) is 39.9 Å². The molecule has 1 aliphatic rings. The van der Waals surface area contributed by atoms with Gasteiger partial charge >= 0.3 is 5.97 Å². The second kappa shape index (κ2) is 8.01. The molecule has 1 aromatic carbocycles. The average Bonchev–Trinajstić information content (AvgIpc) is 2.80. The number of rotatable bonds is 6. The Labute approximate surface area is 157 Å². The van der Waals surface area contributed by atoms with E-state index in [9.17, 15) is 9.59 Å². The molecule has 134 valence electrons. The van der Waals surface area contributed by atoms with Crippen LogP contribution in [0.2, 0.25) is 0 Å². The van der Waals surface area contributed by atoms with Crippen molar-refractivity contribution in [3.05, 3.63) is 33.7 Å². The lowest BCUT2D eigenvalue weighted by molar-refractivity contribution is -0.137. The number of aryl methyl sites for hydroxylation is 1. The van der Waals surface area contributed by atoms with Gasteiger partial charge in [0, 0.05) is 6.54 Å². The third-order valence-corrected chi connectivity index (χ3v) is 5.33. The fourth-order valence-electron chi connectivity index (χ4n) is 2.54. The van der Waals surface area contributed by atoms with Crippen molar-refractivity contribution in [2.45, 2.75) is 33.1 Å². The Hall–Kier alpha value is -1.86. The molecule has 0 unspecified atom stereocenters. The summed E-state index contributed by atoms with van der Waals surface area (Å²) in [6, 6.07) is 4.00. The number of amides is 1. The number of carbonyl (C=O) groups excluding carboxylic acids is 1. The maximum atomic E-state index is 12.5. The van der Waals surface area contributed by atoms with Crippen molar-refractivity contribution in [1.82, 2.24) is 4.90 Å². The zero-order valence-electron chi connectivity index (χ0n) is 14.7. The Balaban J connectivity index is 2.34. The monoisotopic (exact) mass is 379 g/mol. The molecule has 2 rings (SSSR count). The lowest BCUT2D eigenvalue weighted by Gasteiger charge is -2.15. The Morgan fingerprint density at radius 3 is 2.68 bits per heavy atom. The van der Waals surface area contributed by atoms with E-state index in [0.717, 1.165) is 22.4 Å². The molecule has 1 fully saturated rings. The summed E-state index contributed by atoms with van der Waals surface area (Å²) in [5.74, 6) is -0.0744. The molecule has 25 heavy (non-hydrogen) atoms. The van der Waals surface area contributed by atoms with Gasteiger partial charge in [-0.2, -0.15) is 0 Å². The van der Waals surface area contributed by atoms with Crippen LogP contribution in [0.25, 0.3) is 6.08 Å². The Morgan fingerprint density at radius 2 is 2.12 bits per heavy atom. The third-order valence-electron chi connectivity index (χ3n) is 3.95. The van der Waals surface area contributed by atoms with Gasteiger partial charge in [0.25, 0.3) is 5.91 Å². The van der Waals surface area contributed by atoms with E-state index in [4.69, 9.17) is 22.1 Å². The van der Waals surface area contributed by atoms with Crippen LogP contribution in [0, 0.1) is 6.92 Å². The average molecular weight is 380 g/mol. The van der Waals surface area contributed by atoms with Gasteiger partial charge in [-0.1, -0.05) is 37.8 Å². The third kappa shape index (κ3) is 4.41. The van der Waals surface area contributed by atoms with Gasteiger partial charge in [0.2, 0.25) is 0 Å². The first-order valence-corrected chi connectivity index (χ1v) is 9.12. The minimum absolute atomic E-state index is 0.0934. The molecular formula is C18H21NO4S2. The van der Waals surface area contributed by atoms with E-state index < -0.39 is 5.97 Å². The number of thiocarbonyl (C=S) groups is 1. The van der Waals surface area contributed by atoms with Crippen LogP contribution in [0.15, 0.2) is 17.0 Å². The quantitative estimate of drug-likeness (QED) is 0.599. The van der Waals surface area contributed by atoms with Crippen LogP contribution in [0.1, 0.15) is 42.9 Å². The first-order chi connectivity index (χ1) is 11.7. The summed E-state index contributed by atoms with van der Waals surface area (Å²) < 4.78 is 5.84. The number of ether oxygens (including phenoxy) is 1. The van der Waals surface area contributed by atoms with Gasteiger partial charge in [-0.3, -0.25) is 14.5 Å². The van der Waals surface area contributed by atoms with Crippen LogP contribution >= 0.6 is 24.0 Å². The number of aliphatic carboxylic acids is 1. The lowest BCUT2D eigenvalue weighted by Crippen LogP contribution is -2.30. The van der Waals surface area contributed by atoms with Crippen LogP contribution in [0.3, 0.4) is 0 Å². The van der Waals surface area contributed by atoms with Crippen molar-refractivity contribution in [1.29, 1.82) is 0 Å². The Bertz CT molecular complexity index is 756. The number of carboxylic acid groups (broad SMARTS) is 1. The minimum Gasteiger partial charge on any atom is -0.496 e. The number of carbonyl (C=O) groups is 2. The Kier molecular flexibility index (Phi) is 6.24. The first-order valence-electron chi connectivity index (χ1n) is 7.90. The lowest BCUT2D eigenvalue weighted by atomic mass is 9.96. The molecule has 1 N–H and O–H groups in total. The van der Waals surface area contributed by atoms with Crippen molar-refractivity contribution in [3.8, 4) is 5.75 Å². The van der Waals surface area contributed by atoms with Gasteiger partial charge in [-0.25, -0.2) is 0 Å². The molecule has 1 heterocycles. The highest BCUT2D eigenvalue weighted by Crippen LogP contribution is 2.35. The SMILES string of the molecule is COc1cc(C)c(/C=C2\SC(=S)N(CCC(=O)O)C2=O)cc1C(C)C. The Morgan fingerprint density at radius 1 is 1.44 bits per heavy atom. The molecule has 0 aromatic heterocycles. The number of methoxy groups -OCH3 is 1. The van der Waals surface area contributed by atoms with Crippen molar-refractivity contribution < 1.29 is 19.4 Å². The van der Waals surface area contributed by atoms with Gasteiger partial charge < -0.3 is 9.84 Å². The summed E-state index contributed by atoms with van der Waals surface area (Å²) in [6.45, 7) is 6.23. The van der Waals surface area contributed by atoms with E-state index in [0.29, 0.717) is 9.23 Å². The summed E-state index contributed by atoms with van der Waals surface area (Å²) in [7, 11) is 1.65. The number of benzene rings is 1. The van der Waals surface area contributed by atoms with Gasteiger partial charge in [-0.05, 0) is 47.7 Å².